The van der Waals surface area contributed by atoms with Crippen molar-refractivity contribution < 1.29 is 9.53 Å². The third-order valence-corrected chi connectivity index (χ3v) is 8.67. The second-order valence-electron chi connectivity index (χ2n) is 11.6. The van der Waals surface area contributed by atoms with E-state index in [-0.39, 0.29) is 18.6 Å². The molecule has 216 valence electrons. The van der Waals surface area contributed by atoms with Gasteiger partial charge in [-0.3, -0.25) is 14.2 Å². The first-order valence-electron chi connectivity index (χ1n) is 14.4. The average molecular weight is 560 g/mol. The minimum absolute atomic E-state index is 0.0865. The molecule has 3 aliphatic rings. The van der Waals surface area contributed by atoms with Crippen LogP contribution in [0.4, 0.5) is 17.3 Å². The number of ether oxygens (including phenoxy) is 1. The molecule has 0 aromatic carbocycles. The fourth-order valence-corrected chi connectivity index (χ4v) is 6.51. The van der Waals surface area contributed by atoms with Crippen molar-refractivity contribution in [2.24, 2.45) is 18.9 Å². The van der Waals surface area contributed by atoms with Crippen LogP contribution in [0.15, 0.2) is 43.1 Å². The smallest absolute Gasteiger partial charge is 0.247 e. The third-order valence-electron chi connectivity index (χ3n) is 8.67. The Kier molecular flexibility index (Phi) is 6.83. The number of amides is 1. The monoisotopic (exact) mass is 559 g/mol. The largest absolute Gasteiger partial charge is 0.373 e. The Bertz CT molecular complexity index is 1500. The number of aryl methyl sites for hydroxylation is 1. The van der Waals surface area contributed by atoms with Crippen LogP contribution in [0.2, 0.25) is 0 Å². The van der Waals surface area contributed by atoms with Gasteiger partial charge in [0, 0.05) is 82.3 Å². The molecule has 2 aliphatic heterocycles. The van der Waals surface area contributed by atoms with E-state index in [9.17, 15) is 4.79 Å². The number of nitrogens with one attached hydrogen (secondary N) is 1. The Morgan fingerprint density at radius 3 is 2.61 bits per heavy atom. The predicted molar refractivity (Wildman–Crippen MR) is 153 cm³/mol. The molecular formula is C28H37N11O2. The normalized spacial score (nSPS) is 23.0. The number of piperazine rings is 1. The molecule has 0 spiro atoms. The molecule has 4 aromatic rings. The number of anilines is 3. The van der Waals surface area contributed by atoms with Gasteiger partial charge in [0.2, 0.25) is 11.9 Å². The van der Waals surface area contributed by atoms with E-state index in [1.54, 1.807) is 10.9 Å². The molecule has 2 saturated heterocycles. The van der Waals surface area contributed by atoms with E-state index in [1.807, 2.05) is 52.0 Å². The van der Waals surface area contributed by atoms with Crippen molar-refractivity contribution in [2.45, 2.75) is 32.1 Å². The van der Waals surface area contributed by atoms with Gasteiger partial charge in [-0.2, -0.15) is 15.2 Å². The molecule has 13 heteroatoms. The lowest BCUT2D eigenvalue weighted by Crippen LogP contribution is -2.48. The van der Waals surface area contributed by atoms with E-state index in [0.717, 1.165) is 61.9 Å². The van der Waals surface area contributed by atoms with Crippen LogP contribution in [0.5, 0.6) is 0 Å². The number of likely N-dealkylation sites (N-methyl/N-ethyl adjacent to an activating group) is 1. The Morgan fingerprint density at radius 1 is 1.05 bits per heavy atom. The van der Waals surface area contributed by atoms with Crippen LogP contribution in [-0.2, 0) is 29.7 Å². The van der Waals surface area contributed by atoms with Gasteiger partial charge in [-0.15, -0.1) is 5.10 Å². The van der Waals surface area contributed by atoms with Crippen LogP contribution in [0.1, 0.15) is 18.4 Å². The quantitative estimate of drug-likeness (QED) is 0.344. The molecule has 41 heavy (non-hydrogen) atoms. The fraction of sp³-hybridized carbons (Fsp3) is 0.536. The van der Waals surface area contributed by atoms with Gasteiger partial charge in [0.05, 0.1) is 36.5 Å². The molecule has 4 aromatic heterocycles. The number of aromatic nitrogens is 7. The molecule has 0 radical (unpaired) electrons. The summed E-state index contributed by atoms with van der Waals surface area (Å²) in [7, 11) is 4.01. The number of carbonyl (C=O) groups excluding carboxylic acids is 1. The van der Waals surface area contributed by atoms with E-state index < -0.39 is 0 Å². The van der Waals surface area contributed by atoms with Gasteiger partial charge < -0.3 is 24.8 Å². The van der Waals surface area contributed by atoms with Gasteiger partial charge in [0.25, 0.3) is 0 Å². The summed E-state index contributed by atoms with van der Waals surface area (Å²) in [6.07, 6.45) is 12.0. The van der Waals surface area contributed by atoms with Crippen LogP contribution in [0, 0.1) is 11.8 Å². The zero-order chi connectivity index (χ0) is 27.9. The first-order chi connectivity index (χ1) is 20.0. The average Bonchev–Trinajstić information content (AvgIpc) is 3.74. The summed E-state index contributed by atoms with van der Waals surface area (Å²) in [6.45, 7) is 6.03. The Morgan fingerprint density at radius 2 is 1.85 bits per heavy atom. The highest BCUT2D eigenvalue weighted by Gasteiger charge is 2.43. The number of fused-ring (bicyclic) bond motifs is 3. The number of hydrogen-bond donors (Lipinski definition) is 1. The first kappa shape index (κ1) is 26.0. The van der Waals surface area contributed by atoms with E-state index >= 15 is 0 Å². The maximum atomic E-state index is 12.7. The maximum Gasteiger partial charge on any atom is 0.247 e. The summed E-state index contributed by atoms with van der Waals surface area (Å²) in [4.78, 5) is 24.1. The molecule has 1 N–H and O–H groups in total. The Hall–Kier alpha value is -3.97. The number of nitrogens with zero attached hydrogens (tertiary/aromatic N) is 10. The van der Waals surface area contributed by atoms with Gasteiger partial charge in [-0.25, -0.2) is 4.52 Å². The summed E-state index contributed by atoms with van der Waals surface area (Å²) >= 11 is 0. The molecule has 3 atom stereocenters. The lowest BCUT2D eigenvalue weighted by Gasteiger charge is -2.39. The molecule has 13 nitrogen and oxygen atoms in total. The van der Waals surface area contributed by atoms with Gasteiger partial charge in [0.1, 0.15) is 6.54 Å². The highest BCUT2D eigenvalue weighted by atomic mass is 16.5. The van der Waals surface area contributed by atoms with E-state index in [0.29, 0.717) is 24.4 Å². The summed E-state index contributed by atoms with van der Waals surface area (Å²) in [5.41, 5.74) is 3.78. The molecule has 2 bridgehead atoms. The maximum absolute atomic E-state index is 12.7. The molecule has 1 saturated carbocycles. The van der Waals surface area contributed by atoms with E-state index in [2.05, 4.69) is 43.5 Å². The van der Waals surface area contributed by atoms with Gasteiger partial charge in [-0.1, -0.05) is 0 Å². The van der Waals surface area contributed by atoms with Crippen molar-refractivity contribution in [1.29, 1.82) is 0 Å². The number of piperidine rings is 1. The van der Waals surface area contributed by atoms with Crippen LogP contribution in [-0.4, -0.2) is 102 Å². The third kappa shape index (κ3) is 5.38. The standard InChI is InChI=1S/C28H37N11O2/c1-34-8-10-36(11-9-34)25(40)18-38-17-23(13-30-38)31-28-32-27-24(4-3-7-39(27)33-28)37-15-21-5-6-22(16-37)26(21)41-19-20-12-29-35(2)14-20/h3-4,7,12-14,17,21-22,26H,5-6,8-11,15-16,18-19H2,1-2H3,(H,31,33)/t21-,22+,26?. The number of pyridine rings is 1. The van der Waals surface area contributed by atoms with Gasteiger partial charge >= 0.3 is 0 Å². The van der Waals surface area contributed by atoms with Crippen molar-refractivity contribution in [3.05, 3.63) is 48.7 Å². The molecule has 3 fully saturated rings. The fourth-order valence-electron chi connectivity index (χ4n) is 6.51. The molecule has 1 amide bonds. The van der Waals surface area contributed by atoms with Crippen LogP contribution < -0.4 is 10.2 Å². The van der Waals surface area contributed by atoms with Crippen molar-refractivity contribution in [1.82, 2.24) is 44.0 Å². The molecule has 1 aliphatic carbocycles. The topological polar surface area (TPSA) is 114 Å². The van der Waals surface area contributed by atoms with Crippen LogP contribution in [0.25, 0.3) is 5.65 Å². The number of carbonyl (C=O) groups is 1. The summed E-state index contributed by atoms with van der Waals surface area (Å²) in [5, 5.41) is 16.6. The lowest BCUT2D eigenvalue weighted by atomic mass is 9.94. The van der Waals surface area contributed by atoms with Crippen molar-refractivity contribution in [2.75, 3.05) is 56.5 Å². The number of rotatable bonds is 8. The second kappa shape index (κ2) is 10.8. The zero-order valence-electron chi connectivity index (χ0n) is 23.6. The van der Waals surface area contributed by atoms with Crippen LogP contribution >= 0.6 is 0 Å². The first-order valence-corrected chi connectivity index (χ1v) is 14.4. The second-order valence-corrected chi connectivity index (χ2v) is 11.6. The SMILES string of the molecule is CN1CCN(C(=O)Cn2cc(Nc3nc4c(N5C[C@H]6CC[C@@H](C5)C6OCc5cnn(C)c5)cccn4n3)cn2)CC1. The van der Waals surface area contributed by atoms with Gasteiger partial charge in [-0.05, 0) is 32.0 Å². The summed E-state index contributed by atoms with van der Waals surface area (Å²) in [5.74, 6) is 1.57. The van der Waals surface area contributed by atoms with Crippen molar-refractivity contribution in [3.8, 4) is 0 Å². The lowest BCUT2D eigenvalue weighted by molar-refractivity contribution is -0.133. The van der Waals surface area contributed by atoms with Crippen LogP contribution in [0.3, 0.4) is 0 Å². The molecule has 6 heterocycles. The highest BCUT2D eigenvalue weighted by Crippen LogP contribution is 2.41. The van der Waals surface area contributed by atoms with E-state index in [1.165, 1.54) is 12.8 Å². The highest BCUT2D eigenvalue weighted by molar-refractivity contribution is 5.76. The van der Waals surface area contributed by atoms with Crippen molar-refractivity contribution >= 4 is 28.9 Å². The molecular weight excluding hydrogens is 522 g/mol. The minimum atomic E-state index is 0.0865. The Labute approximate surface area is 238 Å². The van der Waals surface area contributed by atoms with Crippen molar-refractivity contribution in [3.63, 3.8) is 0 Å². The summed E-state index contributed by atoms with van der Waals surface area (Å²) in [6, 6.07) is 4.15. The minimum Gasteiger partial charge on any atom is -0.373 e. The van der Waals surface area contributed by atoms with E-state index in [4.69, 9.17) is 9.72 Å². The molecule has 1 unspecified atom stereocenters. The summed E-state index contributed by atoms with van der Waals surface area (Å²) < 4.78 is 11.7. The Balaban J connectivity index is 1.00. The molecule has 7 rings (SSSR count). The zero-order valence-corrected chi connectivity index (χ0v) is 23.6. The van der Waals surface area contributed by atoms with Gasteiger partial charge in [0.15, 0.2) is 5.65 Å². The predicted octanol–water partition coefficient (Wildman–Crippen LogP) is 1.61. The number of hydrogen-bond acceptors (Lipinski definition) is 9.